The molecule has 0 aromatic carbocycles. The number of amides is 1. The van der Waals surface area contributed by atoms with Crippen LogP contribution < -0.4 is 11.1 Å². The lowest BCUT2D eigenvalue weighted by atomic mass is 10.0. The molecule has 0 heterocycles. The molecule has 0 saturated heterocycles. The molecule has 1 saturated carbocycles. The van der Waals surface area contributed by atoms with Gasteiger partial charge < -0.3 is 15.8 Å². The summed E-state index contributed by atoms with van der Waals surface area (Å²) in [6.45, 7) is 6.08. The number of hydrogen-bond donors (Lipinski definition) is 2. The standard InChI is InChI=1S/C11H22N2O2/c1-10(2,3)13-9(14)15-8-11(12)6-4-5-7-11/h4-8,12H2,1-3H3,(H,13,14). The second kappa shape index (κ2) is 4.39. The number of carbonyl (C=O) groups excluding carboxylic acids is 1. The minimum absolute atomic E-state index is 0.255. The van der Waals surface area contributed by atoms with Crippen LogP contribution in [0.2, 0.25) is 0 Å². The van der Waals surface area contributed by atoms with Crippen LogP contribution >= 0.6 is 0 Å². The molecule has 0 aliphatic heterocycles. The monoisotopic (exact) mass is 214 g/mol. The Hall–Kier alpha value is -0.770. The fraction of sp³-hybridized carbons (Fsp3) is 0.909. The van der Waals surface area contributed by atoms with Crippen molar-refractivity contribution in [2.75, 3.05) is 6.61 Å². The van der Waals surface area contributed by atoms with Crippen molar-refractivity contribution in [3.63, 3.8) is 0 Å². The maximum absolute atomic E-state index is 11.4. The molecular weight excluding hydrogens is 192 g/mol. The van der Waals surface area contributed by atoms with E-state index in [1.807, 2.05) is 20.8 Å². The molecular formula is C11H22N2O2. The van der Waals surface area contributed by atoms with Gasteiger partial charge in [0.15, 0.2) is 0 Å². The van der Waals surface area contributed by atoms with Crippen molar-refractivity contribution in [1.29, 1.82) is 0 Å². The highest BCUT2D eigenvalue weighted by Gasteiger charge is 2.31. The quantitative estimate of drug-likeness (QED) is 0.736. The Morgan fingerprint density at radius 3 is 2.40 bits per heavy atom. The normalized spacial score (nSPS) is 20.0. The lowest BCUT2D eigenvalue weighted by Crippen LogP contribution is -2.46. The van der Waals surface area contributed by atoms with Gasteiger partial charge in [-0.25, -0.2) is 4.79 Å². The molecule has 4 heteroatoms. The zero-order valence-corrected chi connectivity index (χ0v) is 9.93. The van der Waals surface area contributed by atoms with Crippen molar-refractivity contribution < 1.29 is 9.53 Å². The van der Waals surface area contributed by atoms with E-state index < -0.39 is 0 Å². The van der Waals surface area contributed by atoms with Gasteiger partial charge in [-0.1, -0.05) is 12.8 Å². The summed E-state index contributed by atoms with van der Waals surface area (Å²) in [6, 6.07) is 0. The number of alkyl carbamates (subject to hydrolysis) is 1. The Labute approximate surface area is 91.5 Å². The van der Waals surface area contributed by atoms with Crippen molar-refractivity contribution >= 4 is 6.09 Å². The van der Waals surface area contributed by atoms with Gasteiger partial charge in [0.1, 0.15) is 6.61 Å². The number of nitrogens with one attached hydrogen (secondary N) is 1. The second-order valence-electron chi connectivity index (χ2n) is 5.52. The average molecular weight is 214 g/mol. The van der Waals surface area contributed by atoms with Gasteiger partial charge in [0.05, 0.1) is 5.54 Å². The van der Waals surface area contributed by atoms with Crippen molar-refractivity contribution in [1.82, 2.24) is 5.32 Å². The predicted molar refractivity (Wildman–Crippen MR) is 59.6 cm³/mol. The molecule has 1 fully saturated rings. The minimum atomic E-state index is -0.376. The maximum atomic E-state index is 11.4. The SMILES string of the molecule is CC(C)(C)NC(=O)OCC1(N)CCCC1. The van der Waals surface area contributed by atoms with Gasteiger partial charge in [-0.15, -0.1) is 0 Å². The maximum Gasteiger partial charge on any atom is 0.407 e. The van der Waals surface area contributed by atoms with E-state index in [1.54, 1.807) is 0 Å². The zero-order valence-electron chi connectivity index (χ0n) is 9.93. The Morgan fingerprint density at radius 1 is 1.40 bits per heavy atom. The van der Waals surface area contributed by atoms with Crippen molar-refractivity contribution in [3.8, 4) is 0 Å². The van der Waals surface area contributed by atoms with E-state index >= 15 is 0 Å². The number of hydrogen-bond acceptors (Lipinski definition) is 3. The Balaban J connectivity index is 2.28. The van der Waals surface area contributed by atoms with E-state index in [9.17, 15) is 4.79 Å². The summed E-state index contributed by atoms with van der Waals surface area (Å²) < 4.78 is 5.13. The molecule has 0 atom stereocenters. The van der Waals surface area contributed by atoms with Crippen LogP contribution in [0.5, 0.6) is 0 Å². The summed E-state index contributed by atoms with van der Waals surface area (Å²) >= 11 is 0. The molecule has 1 aliphatic carbocycles. The number of nitrogens with two attached hydrogens (primary N) is 1. The fourth-order valence-electron chi connectivity index (χ4n) is 1.78. The van der Waals surface area contributed by atoms with Crippen LogP contribution in [0.15, 0.2) is 0 Å². The number of rotatable bonds is 2. The molecule has 15 heavy (non-hydrogen) atoms. The number of carbonyl (C=O) groups is 1. The summed E-state index contributed by atoms with van der Waals surface area (Å²) in [5.41, 5.74) is 5.53. The molecule has 0 unspecified atom stereocenters. The molecule has 1 aliphatic rings. The first-order valence-corrected chi connectivity index (χ1v) is 5.55. The smallest absolute Gasteiger partial charge is 0.407 e. The topological polar surface area (TPSA) is 64.3 Å². The van der Waals surface area contributed by atoms with E-state index in [-0.39, 0.29) is 17.2 Å². The summed E-state index contributed by atoms with van der Waals surface area (Å²) in [6.07, 6.45) is 3.81. The van der Waals surface area contributed by atoms with Crippen LogP contribution in [-0.4, -0.2) is 23.8 Å². The lowest BCUT2D eigenvalue weighted by molar-refractivity contribution is 0.111. The van der Waals surface area contributed by atoms with Gasteiger partial charge in [-0.3, -0.25) is 0 Å². The Morgan fingerprint density at radius 2 is 1.93 bits per heavy atom. The highest BCUT2D eigenvalue weighted by Crippen LogP contribution is 2.27. The van der Waals surface area contributed by atoms with Crippen LogP contribution in [0.25, 0.3) is 0 Å². The van der Waals surface area contributed by atoms with Crippen LogP contribution in [0.3, 0.4) is 0 Å². The third-order valence-corrected chi connectivity index (χ3v) is 2.57. The Bertz CT molecular complexity index is 227. The molecule has 0 aromatic heterocycles. The molecule has 0 radical (unpaired) electrons. The highest BCUT2D eigenvalue weighted by atomic mass is 16.5. The van der Waals surface area contributed by atoms with E-state index in [1.165, 1.54) is 0 Å². The minimum Gasteiger partial charge on any atom is -0.448 e. The first kappa shape index (κ1) is 12.3. The third kappa shape index (κ3) is 4.51. The largest absolute Gasteiger partial charge is 0.448 e. The lowest BCUT2D eigenvalue weighted by Gasteiger charge is -2.25. The van der Waals surface area contributed by atoms with Gasteiger partial charge in [-0.05, 0) is 33.6 Å². The average Bonchev–Trinajstić information content (AvgIpc) is 2.47. The van der Waals surface area contributed by atoms with E-state index in [0.29, 0.717) is 6.61 Å². The number of ether oxygens (including phenoxy) is 1. The third-order valence-electron chi connectivity index (χ3n) is 2.57. The van der Waals surface area contributed by atoms with Gasteiger partial charge in [0.2, 0.25) is 0 Å². The van der Waals surface area contributed by atoms with Crippen molar-refractivity contribution in [2.24, 2.45) is 5.73 Å². The summed E-state index contributed by atoms with van der Waals surface area (Å²) in [5.74, 6) is 0. The van der Waals surface area contributed by atoms with Crippen LogP contribution in [0.1, 0.15) is 46.5 Å². The summed E-state index contributed by atoms with van der Waals surface area (Å²) in [7, 11) is 0. The molecule has 88 valence electrons. The van der Waals surface area contributed by atoms with Crippen molar-refractivity contribution in [3.05, 3.63) is 0 Å². The van der Waals surface area contributed by atoms with Crippen molar-refractivity contribution in [2.45, 2.75) is 57.5 Å². The molecule has 1 rings (SSSR count). The fourth-order valence-corrected chi connectivity index (χ4v) is 1.78. The van der Waals surface area contributed by atoms with E-state index in [4.69, 9.17) is 10.5 Å². The molecule has 3 N–H and O–H groups in total. The summed E-state index contributed by atoms with van der Waals surface area (Å²) in [5, 5.41) is 2.74. The van der Waals surface area contributed by atoms with Crippen LogP contribution in [0.4, 0.5) is 4.79 Å². The zero-order chi connectivity index (χ0) is 11.5. The first-order valence-electron chi connectivity index (χ1n) is 5.55. The van der Waals surface area contributed by atoms with E-state index in [2.05, 4.69) is 5.32 Å². The molecule has 0 aromatic rings. The Kier molecular flexibility index (Phi) is 3.60. The van der Waals surface area contributed by atoms with Gasteiger partial charge in [0.25, 0.3) is 0 Å². The summed E-state index contributed by atoms with van der Waals surface area (Å²) in [4.78, 5) is 11.4. The molecule has 1 amide bonds. The van der Waals surface area contributed by atoms with E-state index in [0.717, 1.165) is 25.7 Å². The predicted octanol–water partition coefficient (Wildman–Crippen LogP) is 1.78. The van der Waals surface area contributed by atoms with Crippen LogP contribution in [0, 0.1) is 0 Å². The van der Waals surface area contributed by atoms with Crippen LogP contribution in [-0.2, 0) is 4.74 Å². The second-order valence-corrected chi connectivity index (χ2v) is 5.52. The van der Waals surface area contributed by atoms with Gasteiger partial charge in [0, 0.05) is 5.54 Å². The molecule has 0 spiro atoms. The van der Waals surface area contributed by atoms with Gasteiger partial charge in [-0.2, -0.15) is 0 Å². The van der Waals surface area contributed by atoms with Gasteiger partial charge >= 0.3 is 6.09 Å². The highest BCUT2D eigenvalue weighted by molar-refractivity contribution is 5.68. The molecule has 0 bridgehead atoms. The first-order chi connectivity index (χ1) is 6.81. The molecule has 4 nitrogen and oxygen atoms in total.